The van der Waals surface area contributed by atoms with Gasteiger partial charge in [-0.3, -0.25) is 4.79 Å². The summed E-state index contributed by atoms with van der Waals surface area (Å²) < 4.78 is 5.04. The molecule has 0 spiro atoms. The number of methoxy groups -OCH3 is 1. The third-order valence-corrected chi connectivity index (χ3v) is 3.05. The van der Waals surface area contributed by atoms with Crippen LogP contribution in [0.1, 0.15) is 15.9 Å². The van der Waals surface area contributed by atoms with Crippen molar-refractivity contribution < 1.29 is 9.53 Å². The van der Waals surface area contributed by atoms with E-state index in [2.05, 4.69) is 0 Å². The number of ketones is 1. The van der Waals surface area contributed by atoms with E-state index in [9.17, 15) is 4.79 Å². The molecule has 0 N–H and O–H groups in total. The molecule has 2 nitrogen and oxygen atoms in total. The highest BCUT2D eigenvalue weighted by Gasteiger charge is 2.01. The number of ether oxygens (including phenoxy) is 1. The summed E-state index contributed by atoms with van der Waals surface area (Å²) >= 11 is 1.61. The van der Waals surface area contributed by atoms with Gasteiger partial charge in [-0.25, -0.2) is 0 Å². The van der Waals surface area contributed by atoms with Crippen LogP contribution in [0.5, 0.6) is 5.75 Å². The van der Waals surface area contributed by atoms with Gasteiger partial charge >= 0.3 is 0 Å². The maximum absolute atomic E-state index is 11.8. The molecule has 1 heterocycles. The van der Waals surface area contributed by atoms with E-state index in [1.807, 2.05) is 22.9 Å². The number of carbonyl (C=O) groups is 1. The van der Waals surface area contributed by atoms with Gasteiger partial charge in [0.25, 0.3) is 0 Å². The third kappa shape index (κ3) is 3.04. The minimum absolute atomic E-state index is 0.00106. The summed E-state index contributed by atoms with van der Waals surface area (Å²) in [5.41, 5.74) is 1.72. The quantitative estimate of drug-likeness (QED) is 0.606. The molecule has 0 aliphatic heterocycles. The predicted molar refractivity (Wildman–Crippen MR) is 70.7 cm³/mol. The van der Waals surface area contributed by atoms with Gasteiger partial charge in [0.2, 0.25) is 0 Å². The van der Waals surface area contributed by atoms with Gasteiger partial charge in [0.05, 0.1) is 7.11 Å². The molecule has 0 aliphatic rings. The van der Waals surface area contributed by atoms with E-state index in [4.69, 9.17) is 4.74 Å². The summed E-state index contributed by atoms with van der Waals surface area (Å²) in [6.45, 7) is 0. The minimum atomic E-state index is -0.00106. The molecule has 86 valence electrons. The highest BCUT2D eigenvalue weighted by atomic mass is 32.1. The van der Waals surface area contributed by atoms with Crippen molar-refractivity contribution in [3.05, 3.63) is 58.3 Å². The van der Waals surface area contributed by atoms with Gasteiger partial charge in [0.15, 0.2) is 5.78 Å². The Bertz CT molecular complexity index is 510. The fourth-order valence-electron chi connectivity index (χ4n) is 1.39. The molecule has 2 rings (SSSR count). The molecule has 1 aromatic heterocycles. The first-order valence-electron chi connectivity index (χ1n) is 5.18. The van der Waals surface area contributed by atoms with Gasteiger partial charge in [-0.1, -0.05) is 6.08 Å². The van der Waals surface area contributed by atoms with Gasteiger partial charge < -0.3 is 4.74 Å². The maximum atomic E-state index is 11.8. The zero-order chi connectivity index (χ0) is 12.1. The summed E-state index contributed by atoms with van der Waals surface area (Å²) in [6.07, 6.45) is 3.41. The maximum Gasteiger partial charge on any atom is 0.185 e. The first-order valence-corrected chi connectivity index (χ1v) is 6.12. The molecule has 0 saturated carbocycles. The van der Waals surface area contributed by atoms with Crippen LogP contribution in [0, 0.1) is 0 Å². The Morgan fingerprint density at radius 1 is 1.24 bits per heavy atom. The highest BCUT2D eigenvalue weighted by Crippen LogP contribution is 2.13. The fourth-order valence-corrected chi connectivity index (χ4v) is 2.02. The minimum Gasteiger partial charge on any atom is -0.497 e. The van der Waals surface area contributed by atoms with Crippen LogP contribution in [0.4, 0.5) is 0 Å². The smallest absolute Gasteiger partial charge is 0.185 e. The van der Waals surface area contributed by atoms with E-state index in [0.29, 0.717) is 5.56 Å². The topological polar surface area (TPSA) is 26.3 Å². The van der Waals surface area contributed by atoms with E-state index >= 15 is 0 Å². The van der Waals surface area contributed by atoms with E-state index in [1.165, 1.54) is 0 Å². The number of carbonyl (C=O) groups excluding carboxylic acids is 1. The second-order valence-corrected chi connectivity index (χ2v) is 4.26. The summed E-state index contributed by atoms with van der Waals surface area (Å²) in [6, 6.07) is 9.07. The van der Waals surface area contributed by atoms with Gasteiger partial charge in [-0.2, -0.15) is 11.3 Å². The molecule has 0 unspecified atom stereocenters. The molecule has 2 aromatic rings. The second-order valence-electron chi connectivity index (χ2n) is 3.48. The Hall–Kier alpha value is -1.87. The molecular formula is C14H12O2S. The normalized spacial score (nSPS) is 10.6. The van der Waals surface area contributed by atoms with Crippen molar-refractivity contribution in [1.82, 2.24) is 0 Å². The van der Waals surface area contributed by atoms with Crippen LogP contribution in [-0.4, -0.2) is 12.9 Å². The Kier molecular flexibility index (Phi) is 3.73. The summed E-state index contributed by atoms with van der Waals surface area (Å²) in [7, 11) is 1.60. The number of rotatable bonds is 4. The van der Waals surface area contributed by atoms with E-state index < -0.39 is 0 Å². The molecule has 0 bridgehead atoms. The number of allylic oxidation sites excluding steroid dienone is 1. The SMILES string of the molecule is COc1ccc(C(=O)/C=C/c2ccsc2)cc1. The Balaban J connectivity index is 2.09. The zero-order valence-corrected chi connectivity index (χ0v) is 10.2. The van der Waals surface area contributed by atoms with Crippen molar-refractivity contribution in [1.29, 1.82) is 0 Å². The third-order valence-electron chi connectivity index (χ3n) is 2.34. The largest absolute Gasteiger partial charge is 0.497 e. The number of hydrogen-bond acceptors (Lipinski definition) is 3. The Morgan fingerprint density at radius 2 is 2.00 bits per heavy atom. The molecule has 0 aliphatic carbocycles. The summed E-state index contributed by atoms with van der Waals surface area (Å²) in [5.74, 6) is 0.752. The molecule has 17 heavy (non-hydrogen) atoms. The zero-order valence-electron chi connectivity index (χ0n) is 9.42. The van der Waals surface area contributed by atoms with Crippen LogP contribution < -0.4 is 4.74 Å². The molecule has 0 amide bonds. The van der Waals surface area contributed by atoms with Crippen LogP contribution in [0.25, 0.3) is 6.08 Å². The van der Waals surface area contributed by atoms with Crippen LogP contribution in [-0.2, 0) is 0 Å². The lowest BCUT2D eigenvalue weighted by molar-refractivity contribution is 0.104. The van der Waals surface area contributed by atoms with Crippen molar-refractivity contribution in [2.75, 3.05) is 7.11 Å². The van der Waals surface area contributed by atoms with Crippen molar-refractivity contribution in [2.45, 2.75) is 0 Å². The monoisotopic (exact) mass is 244 g/mol. The molecule has 1 aromatic carbocycles. The van der Waals surface area contributed by atoms with Crippen molar-refractivity contribution in [2.24, 2.45) is 0 Å². The molecule has 0 atom stereocenters. The van der Waals surface area contributed by atoms with Crippen LogP contribution in [0.2, 0.25) is 0 Å². The Morgan fingerprint density at radius 3 is 2.59 bits per heavy atom. The standard InChI is InChI=1S/C14H12O2S/c1-16-13-5-3-12(4-6-13)14(15)7-2-11-8-9-17-10-11/h2-10H,1H3/b7-2+. The van der Waals surface area contributed by atoms with Crippen molar-refractivity contribution in [3.63, 3.8) is 0 Å². The van der Waals surface area contributed by atoms with Gasteiger partial charge in [-0.05, 0) is 52.7 Å². The Labute approximate surface area is 104 Å². The van der Waals surface area contributed by atoms with Gasteiger partial charge in [0.1, 0.15) is 5.75 Å². The van der Waals surface area contributed by atoms with Crippen LogP contribution >= 0.6 is 11.3 Å². The summed E-state index contributed by atoms with van der Waals surface area (Å²) in [4.78, 5) is 11.8. The first kappa shape index (κ1) is 11.6. The lowest BCUT2D eigenvalue weighted by atomic mass is 10.1. The molecule has 0 radical (unpaired) electrons. The number of hydrogen-bond donors (Lipinski definition) is 0. The van der Waals surface area contributed by atoms with Gasteiger partial charge in [-0.15, -0.1) is 0 Å². The molecule has 0 saturated heterocycles. The first-order chi connectivity index (χ1) is 8.29. The fraction of sp³-hybridized carbons (Fsp3) is 0.0714. The lowest BCUT2D eigenvalue weighted by Gasteiger charge is -1.99. The van der Waals surface area contributed by atoms with Crippen molar-refractivity contribution in [3.8, 4) is 5.75 Å². The van der Waals surface area contributed by atoms with E-state index in [1.54, 1.807) is 48.8 Å². The average molecular weight is 244 g/mol. The number of benzene rings is 1. The van der Waals surface area contributed by atoms with Gasteiger partial charge in [0, 0.05) is 5.56 Å². The lowest BCUT2D eigenvalue weighted by Crippen LogP contribution is -1.93. The highest BCUT2D eigenvalue weighted by molar-refractivity contribution is 7.08. The molecule has 3 heteroatoms. The van der Waals surface area contributed by atoms with Crippen LogP contribution in [0.3, 0.4) is 0 Å². The predicted octanol–water partition coefficient (Wildman–Crippen LogP) is 3.65. The van der Waals surface area contributed by atoms with E-state index in [0.717, 1.165) is 11.3 Å². The van der Waals surface area contributed by atoms with Crippen LogP contribution in [0.15, 0.2) is 47.2 Å². The van der Waals surface area contributed by atoms with Crippen molar-refractivity contribution >= 4 is 23.2 Å². The average Bonchev–Trinajstić information content (AvgIpc) is 2.89. The second kappa shape index (κ2) is 5.46. The van der Waals surface area contributed by atoms with E-state index in [-0.39, 0.29) is 5.78 Å². The molecular weight excluding hydrogens is 232 g/mol. The number of thiophene rings is 1. The molecule has 0 fully saturated rings. The summed E-state index contributed by atoms with van der Waals surface area (Å²) in [5, 5.41) is 3.98.